The number of piperidine rings is 1. The molecule has 0 aromatic heterocycles. The first-order chi connectivity index (χ1) is 10.8. The lowest BCUT2D eigenvalue weighted by Gasteiger charge is -2.22. The molecule has 124 valence electrons. The molecule has 5 nitrogen and oxygen atoms in total. The van der Waals surface area contributed by atoms with Gasteiger partial charge in [-0.1, -0.05) is 12.1 Å². The lowest BCUT2D eigenvalue weighted by atomic mass is 10.2. The second kappa shape index (κ2) is 5.51. The molecule has 1 aliphatic carbocycles. The maximum atomic E-state index is 13.7. The third-order valence-corrected chi connectivity index (χ3v) is 4.27. The predicted molar refractivity (Wildman–Crippen MR) is 82.4 cm³/mol. The van der Waals surface area contributed by atoms with Crippen molar-refractivity contribution in [2.45, 2.75) is 32.4 Å². The van der Waals surface area contributed by atoms with Crippen molar-refractivity contribution in [2.24, 2.45) is 11.8 Å². The summed E-state index contributed by atoms with van der Waals surface area (Å²) in [6.07, 6.45) is -0.427. The van der Waals surface area contributed by atoms with Crippen molar-refractivity contribution in [3.05, 3.63) is 35.6 Å². The molecule has 1 aliphatic heterocycles. The first-order valence-electron chi connectivity index (χ1n) is 7.79. The molecule has 1 N–H and O–H groups in total. The molecule has 0 spiro atoms. The summed E-state index contributed by atoms with van der Waals surface area (Å²) >= 11 is 0. The largest absolute Gasteiger partial charge is 0.444 e. The highest BCUT2D eigenvalue weighted by atomic mass is 19.1. The van der Waals surface area contributed by atoms with Gasteiger partial charge in [-0.3, -0.25) is 4.79 Å². The molecule has 2 amide bonds. The van der Waals surface area contributed by atoms with E-state index in [-0.39, 0.29) is 29.3 Å². The van der Waals surface area contributed by atoms with Crippen LogP contribution in [0.1, 0.15) is 31.1 Å². The Bertz CT molecular complexity index is 629. The Balaban J connectivity index is 1.53. The summed E-state index contributed by atoms with van der Waals surface area (Å²) in [6, 6.07) is 6.05. The van der Waals surface area contributed by atoms with Crippen LogP contribution in [0.15, 0.2) is 24.3 Å². The number of carbonyl (C=O) groups excluding carboxylic acids is 2. The smallest absolute Gasteiger partial charge is 0.407 e. The molecule has 2 fully saturated rings. The highest BCUT2D eigenvalue weighted by Gasteiger charge is 2.57. The maximum Gasteiger partial charge on any atom is 0.407 e. The van der Waals surface area contributed by atoms with Crippen LogP contribution < -0.4 is 5.32 Å². The van der Waals surface area contributed by atoms with Crippen molar-refractivity contribution in [2.75, 3.05) is 13.1 Å². The van der Waals surface area contributed by atoms with E-state index in [2.05, 4.69) is 5.32 Å². The summed E-state index contributed by atoms with van der Waals surface area (Å²) in [5.41, 5.74) is -0.425. The van der Waals surface area contributed by atoms with E-state index in [4.69, 9.17) is 4.74 Å². The van der Waals surface area contributed by atoms with E-state index < -0.39 is 17.5 Å². The van der Waals surface area contributed by atoms with Gasteiger partial charge in [0, 0.05) is 31.0 Å². The summed E-state index contributed by atoms with van der Waals surface area (Å²) < 4.78 is 18.9. The Morgan fingerprint density at radius 1 is 1.22 bits per heavy atom. The predicted octanol–water partition coefficient (Wildman–Crippen LogP) is 2.42. The molecule has 1 saturated carbocycles. The number of nitrogens with one attached hydrogen (secondary N) is 1. The molecular formula is C17H21FN2O3. The Hall–Kier alpha value is -2.11. The molecular weight excluding hydrogens is 299 g/mol. The number of hydrogen-bond acceptors (Lipinski definition) is 3. The van der Waals surface area contributed by atoms with Crippen molar-refractivity contribution < 1.29 is 18.7 Å². The number of halogens is 1. The fourth-order valence-electron chi connectivity index (χ4n) is 3.15. The number of ether oxygens (including phenoxy) is 1. The summed E-state index contributed by atoms with van der Waals surface area (Å²) in [4.78, 5) is 25.7. The van der Waals surface area contributed by atoms with Gasteiger partial charge in [0.2, 0.25) is 0 Å². The number of carbonyl (C=O) groups is 2. The van der Waals surface area contributed by atoms with Crippen molar-refractivity contribution >= 4 is 12.0 Å². The topological polar surface area (TPSA) is 58.6 Å². The van der Waals surface area contributed by atoms with E-state index in [0.29, 0.717) is 13.1 Å². The molecule has 1 aromatic carbocycles. The van der Waals surface area contributed by atoms with Gasteiger partial charge < -0.3 is 15.0 Å². The normalized spacial score (nSPS) is 25.7. The zero-order chi connectivity index (χ0) is 16.8. The average Bonchev–Trinajstić information content (AvgIpc) is 2.90. The van der Waals surface area contributed by atoms with Gasteiger partial charge in [0.05, 0.1) is 5.56 Å². The second-order valence-corrected chi connectivity index (χ2v) is 7.19. The second-order valence-electron chi connectivity index (χ2n) is 7.19. The van der Waals surface area contributed by atoms with Gasteiger partial charge in [-0.05, 0) is 32.9 Å². The van der Waals surface area contributed by atoms with Gasteiger partial charge in [0.1, 0.15) is 11.4 Å². The number of amides is 2. The molecule has 6 heteroatoms. The zero-order valence-electron chi connectivity index (χ0n) is 13.5. The molecule has 0 radical (unpaired) electrons. The van der Waals surface area contributed by atoms with E-state index in [0.717, 1.165) is 0 Å². The first-order valence-corrected chi connectivity index (χ1v) is 7.79. The molecule has 1 saturated heterocycles. The van der Waals surface area contributed by atoms with Crippen LogP contribution in [0.3, 0.4) is 0 Å². The number of likely N-dealkylation sites (tertiary alicyclic amines) is 1. The van der Waals surface area contributed by atoms with Crippen LogP contribution in [0.5, 0.6) is 0 Å². The quantitative estimate of drug-likeness (QED) is 0.910. The number of alkyl carbamates (subject to hydrolysis) is 1. The maximum absolute atomic E-state index is 13.7. The average molecular weight is 320 g/mol. The van der Waals surface area contributed by atoms with Crippen LogP contribution in [-0.2, 0) is 4.74 Å². The molecule has 2 unspecified atom stereocenters. The number of hydrogen-bond donors (Lipinski definition) is 1. The summed E-state index contributed by atoms with van der Waals surface area (Å²) in [7, 11) is 0. The van der Waals surface area contributed by atoms with Crippen molar-refractivity contribution in [1.29, 1.82) is 0 Å². The lowest BCUT2D eigenvalue weighted by molar-refractivity contribution is 0.0513. The standard InChI is InChI=1S/C17H21FN2O3/c1-17(2,3)23-16(22)19-14-11-8-20(9-12(11)14)15(21)10-6-4-5-7-13(10)18/h4-7,11-12,14H,8-9H2,1-3H3,(H,19,22)/t11-,12?,14?/m0/s1. The minimum Gasteiger partial charge on any atom is -0.444 e. The van der Waals surface area contributed by atoms with E-state index in [1.54, 1.807) is 17.0 Å². The van der Waals surface area contributed by atoms with Crippen LogP contribution in [0, 0.1) is 17.7 Å². The highest BCUT2D eigenvalue weighted by molar-refractivity contribution is 5.94. The Kier molecular flexibility index (Phi) is 3.78. The van der Waals surface area contributed by atoms with E-state index >= 15 is 0 Å². The molecule has 1 heterocycles. The molecule has 0 bridgehead atoms. The summed E-state index contributed by atoms with van der Waals surface area (Å²) in [5, 5.41) is 2.85. The molecule has 3 rings (SSSR count). The van der Waals surface area contributed by atoms with Crippen molar-refractivity contribution in [3.8, 4) is 0 Å². The molecule has 23 heavy (non-hydrogen) atoms. The van der Waals surface area contributed by atoms with Crippen LogP contribution in [0.25, 0.3) is 0 Å². The fourth-order valence-corrected chi connectivity index (χ4v) is 3.15. The van der Waals surface area contributed by atoms with Crippen molar-refractivity contribution in [1.82, 2.24) is 10.2 Å². The Morgan fingerprint density at radius 2 is 1.83 bits per heavy atom. The minimum absolute atomic E-state index is 0.0505. The number of fused-ring (bicyclic) bond motifs is 1. The van der Waals surface area contributed by atoms with Crippen molar-refractivity contribution in [3.63, 3.8) is 0 Å². The third kappa shape index (κ3) is 3.30. The third-order valence-electron chi connectivity index (χ3n) is 4.27. The summed E-state index contributed by atoms with van der Waals surface area (Å²) in [5.74, 6) is -0.315. The van der Waals surface area contributed by atoms with Gasteiger partial charge in [-0.2, -0.15) is 0 Å². The number of rotatable bonds is 2. The van der Waals surface area contributed by atoms with Crippen LogP contribution in [0.2, 0.25) is 0 Å². The van der Waals surface area contributed by atoms with Gasteiger partial charge in [-0.25, -0.2) is 9.18 Å². The SMILES string of the molecule is CC(C)(C)OC(=O)NC1C2CN(C(=O)c3ccccc3F)C[C@@H]21. The first kappa shape index (κ1) is 15.8. The Labute approximate surface area is 134 Å². The zero-order valence-corrected chi connectivity index (χ0v) is 13.5. The lowest BCUT2D eigenvalue weighted by Crippen LogP contribution is -2.39. The van der Waals surface area contributed by atoms with E-state index in [9.17, 15) is 14.0 Å². The molecule has 1 aromatic rings. The molecule has 3 atom stereocenters. The highest BCUT2D eigenvalue weighted by Crippen LogP contribution is 2.46. The van der Waals surface area contributed by atoms with E-state index in [1.807, 2.05) is 20.8 Å². The molecule has 2 aliphatic rings. The van der Waals surface area contributed by atoms with Gasteiger partial charge in [-0.15, -0.1) is 0 Å². The fraction of sp³-hybridized carbons (Fsp3) is 0.529. The van der Waals surface area contributed by atoms with Crippen LogP contribution >= 0.6 is 0 Å². The number of benzene rings is 1. The minimum atomic E-state index is -0.527. The van der Waals surface area contributed by atoms with Crippen LogP contribution in [-0.4, -0.2) is 41.6 Å². The van der Waals surface area contributed by atoms with Gasteiger partial charge in [0.25, 0.3) is 5.91 Å². The van der Waals surface area contributed by atoms with Gasteiger partial charge in [0.15, 0.2) is 0 Å². The number of nitrogens with zero attached hydrogens (tertiary/aromatic N) is 1. The van der Waals surface area contributed by atoms with E-state index in [1.165, 1.54) is 12.1 Å². The van der Waals surface area contributed by atoms with Crippen LogP contribution in [0.4, 0.5) is 9.18 Å². The monoisotopic (exact) mass is 320 g/mol. The summed E-state index contributed by atoms with van der Waals surface area (Å²) in [6.45, 7) is 6.52. The Morgan fingerprint density at radius 3 is 2.39 bits per heavy atom. The van der Waals surface area contributed by atoms with Gasteiger partial charge >= 0.3 is 6.09 Å².